The van der Waals surface area contributed by atoms with Gasteiger partial charge in [-0.25, -0.2) is 9.59 Å². The van der Waals surface area contributed by atoms with E-state index in [4.69, 9.17) is 23.2 Å². The first-order valence-corrected chi connectivity index (χ1v) is 12.4. The third-order valence-corrected chi connectivity index (χ3v) is 6.69. The summed E-state index contributed by atoms with van der Waals surface area (Å²) in [5.74, 6) is 0. The maximum Gasteiger partial charge on any atom is 0.315 e. The first-order valence-electron chi connectivity index (χ1n) is 11.7. The van der Waals surface area contributed by atoms with E-state index in [-0.39, 0.29) is 12.1 Å². The van der Waals surface area contributed by atoms with Crippen LogP contribution in [0, 0.1) is 0 Å². The van der Waals surface area contributed by atoms with Crippen LogP contribution in [0.5, 0.6) is 0 Å². The fourth-order valence-electron chi connectivity index (χ4n) is 3.73. The molecule has 3 aromatic rings. The molecule has 36 heavy (non-hydrogen) atoms. The van der Waals surface area contributed by atoms with Crippen molar-refractivity contribution in [3.05, 3.63) is 105 Å². The van der Waals surface area contributed by atoms with Gasteiger partial charge in [0.25, 0.3) is 0 Å². The van der Waals surface area contributed by atoms with Crippen molar-refractivity contribution in [2.45, 2.75) is 51.9 Å². The van der Waals surface area contributed by atoms with Crippen LogP contribution < -0.4 is 21.3 Å². The summed E-state index contributed by atoms with van der Waals surface area (Å²) in [6.45, 7) is 8.36. The summed E-state index contributed by atoms with van der Waals surface area (Å²) in [5.41, 5.74) is 2.16. The monoisotopic (exact) mass is 526 g/mol. The molecular weight excluding hydrogens is 495 g/mol. The summed E-state index contributed by atoms with van der Waals surface area (Å²) in [7, 11) is 0. The molecule has 0 aliphatic rings. The summed E-state index contributed by atoms with van der Waals surface area (Å²) in [6.07, 6.45) is 0. The van der Waals surface area contributed by atoms with Crippen LogP contribution in [0.4, 0.5) is 9.59 Å². The molecule has 0 saturated heterocycles. The lowest BCUT2D eigenvalue weighted by Gasteiger charge is -2.31. The molecule has 0 spiro atoms. The zero-order chi connectivity index (χ0) is 26.3. The largest absolute Gasteiger partial charge is 0.334 e. The molecule has 0 saturated carbocycles. The van der Waals surface area contributed by atoms with E-state index in [0.29, 0.717) is 23.1 Å². The van der Waals surface area contributed by atoms with Crippen LogP contribution in [-0.2, 0) is 24.2 Å². The number of halogens is 2. The van der Waals surface area contributed by atoms with Crippen LogP contribution >= 0.6 is 23.2 Å². The van der Waals surface area contributed by atoms with E-state index in [0.717, 1.165) is 22.3 Å². The maximum absolute atomic E-state index is 12.6. The molecule has 190 valence electrons. The van der Waals surface area contributed by atoms with Crippen molar-refractivity contribution in [3.8, 4) is 0 Å². The van der Waals surface area contributed by atoms with Gasteiger partial charge >= 0.3 is 12.1 Å². The van der Waals surface area contributed by atoms with Gasteiger partial charge in [-0.15, -0.1) is 0 Å². The second-order valence-electron chi connectivity index (χ2n) is 9.63. The van der Waals surface area contributed by atoms with Crippen molar-refractivity contribution in [2.75, 3.05) is 0 Å². The van der Waals surface area contributed by atoms with Gasteiger partial charge in [0.15, 0.2) is 0 Å². The van der Waals surface area contributed by atoms with Gasteiger partial charge in [-0.05, 0) is 62.1 Å². The molecule has 0 fully saturated rings. The van der Waals surface area contributed by atoms with E-state index >= 15 is 0 Å². The molecule has 4 N–H and O–H groups in total. The van der Waals surface area contributed by atoms with Crippen molar-refractivity contribution < 1.29 is 9.59 Å². The number of nitrogens with one attached hydrogen (secondary N) is 4. The van der Waals surface area contributed by atoms with Crippen LogP contribution in [0.2, 0.25) is 10.0 Å². The highest BCUT2D eigenvalue weighted by Gasteiger charge is 2.27. The Hall–Kier alpha value is -3.22. The Balaban J connectivity index is 1.62. The first kappa shape index (κ1) is 27.4. The zero-order valence-corrected chi connectivity index (χ0v) is 22.4. The standard InChI is InChI=1S/C28H32Cl2N4O2/c1-27(2,33-25(35)31-17-19-10-5-7-14-23(19)29)21-12-9-13-22(16-21)28(3,4)34-26(36)32-18-20-11-6-8-15-24(20)30/h5-16H,17-18H2,1-4H3,(H2,31,33,35)(H2,32,34,36). The third kappa shape index (κ3) is 7.39. The summed E-state index contributed by atoms with van der Waals surface area (Å²) in [4.78, 5) is 25.2. The molecule has 8 heteroatoms. The van der Waals surface area contributed by atoms with Crippen LogP contribution in [0.15, 0.2) is 72.8 Å². The summed E-state index contributed by atoms with van der Waals surface area (Å²) < 4.78 is 0. The lowest BCUT2D eigenvalue weighted by atomic mass is 9.87. The number of hydrogen-bond acceptors (Lipinski definition) is 2. The Morgan fingerprint density at radius 2 is 1.03 bits per heavy atom. The second-order valence-corrected chi connectivity index (χ2v) is 10.4. The molecular formula is C28H32Cl2N4O2. The molecule has 0 aromatic heterocycles. The highest BCUT2D eigenvalue weighted by atomic mass is 35.5. The SMILES string of the molecule is CC(C)(NC(=O)NCc1ccccc1Cl)c1cccc(C(C)(C)NC(=O)NCc2ccccc2Cl)c1. The van der Waals surface area contributed by atoms with Crippen molar-refractivity contribution in [1.29, 1.82) is 0 Å². The number of rotatable bonds is 8. The average Bonchev–Trinajstić information content (AvgIpc) is 2.82. The number of benzene rings is 3. The molecule has 4 amide bonds. The number of urea groups is 2. The molecule has 0 bridgehead atoms. The minimum absolute atomic E-state index is 0.304. The normalized spacial score (nSPS) is 11.5. The number of amides is 4. The predicted octanol–water partition coefficient (Wildman–Crippen LogP) is 6.46. The van der Waals surface area contributed by atoms with Gasteiger partial charge in [0.1, 0.15) is 0 Å². The van der Waals surface area contributed by atoms with Crippen LogP contribution in [0.25, 0.3) is 0 Å². The van der Waals surface area contributed by atoms with Crippen molar-refractivity contribution in [3.63, 3.8) is 0 Å². The van der Waals surface area contributed by atoms with E-state index in [1.54, 1.807) is 12.1 Å². The predicted molar refractivity (Wildman–Crippen MR) is 146 cm³/mol. The van der Waals surface area contributed by atoms with Gasteiger partial charge in [0.2, 0.25) is 0 Å². The molecule has 3 aromatic carbocycles. The van der Waals surface area contributed by atoms with Crippen LogP contribution in [0.1, 0.15) is 49.9 Å². The zero-order valence-electron chi connectivity index (χ0n) is 20.9. The summed E-state index contributed by atoms with van der Waals surface area (Å²) in [5, 5.41) is 13.0. The maximum atomic E-state index is 12.6. The topological polar surface area (TPSA) is 82.3 Å². The second kappa shape index (κ2) is 11.7. The van der Waals surface area contributed by atoms with Crippen LogP contribution in [-0.4, -0.2) is 12.1 Å². The van der Waals surface area contributed by atoms with Gasteiger partial charge in [0, 0.05) is 23.1 Å². The lowest BCUT2D eigenvalue weighted by Crippen LogP contribution is -2.47. The van der Waals surface area contributed by atoms with Gasteiger partial charge in [0.05, 0.1) is 11.1 Å². The highest BCUT2D eigenvalue weighted by molar-refractivity contribution is 6.31. The minimum atomic E-state index is -0.664. The van der Waals surface area contributed by atoms with Crippen LogP contribution in [0.3, 0.4) is 0 Å². The Kier molecular flexibility index (Phi) is 8.88. The van der Waals surface area contributed by atoms with Gasteiger partial charge < -0.3 is 21.3 Å². The molecule has 0 radical (unpaired) electrons. The molecule has 0 aliphatic heterocycles. The number of carbonyl (C=O) groups is 2. The Morgan fingerprint density at radius 1 is 0.639 bits per heavy atom. The average molecular weight is 527 g/mol. The van der Waals surface area contributed by atoms with E-state index in [1.165, 1.54) is 0 Å². The van der Waals surface area contributed by atoms with E-state index in [9.17, 15) is 9.59 Å². The molecule has 3 rings (SSSR count). The smallest absolute Gasteiger partial charge is 0.315 e. The lowest BCUT2D eigenvalue weighted by molar-refractivity contribution is 0.229. The van der Waals surface area contributed by atoms with E-state index < -0.39 is 11.1 Å². The van der Waals surface area contributed by atoms with Gasteiger partial charge in [-0.2, -0.15) is 0 Å². The quantitative estimate of drug-likeness (QED) is 0.271. The third-order valence-electron chi connectivity index (χ3n) is 5.95. The Morgan fingerprint density at radius 3 is 1.42 bits per heavy atom. The van der Waals surface area contributed by atoms with E-state index in [1.807, 2.05) is 88.4 Å². The molecule has 0 atom stereocenters. The number of hydrogen-bond donors (Lipinski definition) is 4. The van der Waals surface area contributed by atoms with Crippen molar-refractivity contribution in [1.82, 2.24) is 21.3 Å². The minimum Gasteiger partial charge on any atom is -0.334 e. The fraction of sp³-hybridized carbons (Fsp3) is 0.286. The van der Waals surface area contributed by atoms with E-state index in [2.05, 4.69) is 21.3 Å². The van der Waals surface area contributed by atoms with Crippen molar-refractivity contribution in [2.24, 2.45) is 0 Å². The first-order chi connectivity index (χ1) is 17.0. The van der Waals surface area contributed by atoms with Crippen molar-refractivity contribution >= 4 is 35.3 Å². The fourth-order valence-corrected chi connectivity index (χ4v) is 4.14. The van der Waals surface area contributed by atoms with Gasteiger partial charge in [-0.3, -0.25) is 0 Å². The summed E-state index contributed by atoms with van der Waals surface area (Å²) >= 11 is 12.4. The Bertz CT molecular complexity index is 1140. The highest BCUT2D eigenvalue weighted by Crippen LogP contribution is 2.27. The Labute approximate surface area is 222 Å². The molecule has 0 unspecified atom stereocenters. The molecule has 0 aliphatic carbocycles. The summed E-state index contributed by atoms with van der Waals surface area (Å²) in [6, 6.07) is 22.0. The number of carbonyl (C=O) groups excluding carboxylic acids is 2. The molecule has 0 heterocycles. The van der Waals surface area contributed by atoms with Gasteiger partial charge in [-0.1, -0.05) is 83.9 Å². The molecule has 6 nitrogen and oxygen atoms in total.